The van der Waals surface area contributed by atoms with Gasteiger partial charge in [-0.25, -0.2) is 0 Å². The Morgan fingerprint density at radius 1 is 1.43 bits per heavy atom. The summed E-state index contributed by atoms with van der Waals surface area (Å²) in [5.74, 6) is 0. The normalized spacial score (nSPS) is 9.29. The Labute approximate surface area is 45.0 Å². The third kappa shape index (κ3) is 5.88. The average Bonchev–Trinajstić information content (AvgIpc) is 1.27. The van der Waals surface area contributed by atoms with Crippen LogP contribution in [-0.2, 0) is 0 Å². The standard InChI is InChI=1S/C4H9O2Si/c1-4(2)3-7(5)6/h3,5-6H,1-2H3. The predicted molar refractivity (Wildman–Crippen MR) is 29.6 cm³/mol. The van der Waals surface area contributed by atoms with Gasteiger partial charge in [-0.15, -0.1) is 0 Å². The molecule has 0 aliphatic rings. The van der Waals surface area contributed by atoms with Crippen LogP contribution in [0.15, 0.2) is 11.3 Å². The molecule has 0 aromatic heterocycles. The Morgan fingerprint density at radius 2 is 1.86 bits per heavy atom. The van der Waals surface area contributed by atoms with E-state index in [4.69, 9.17) is 9.59 Å². The molecule has 0 fully saturated rings. The third-order valence-electron chi connectivity index (χ3n) is 0.418. The number of rotatable bonds is 1. The Balaban J connectivity index is 3.45. The second-order valence-corrected chi connectivity index (χ2v) is 2.58. The molecule has 0 aliphatic carbocycles. The molecule has 0 bridgehead atoms. The summed E-state index contributed by atoms with van der Waals surface area (Å²) in [6.45, 7) is 3.66. The van der Waals surface area contributed by atoms with E-state index < -0.39 is 9.28 Å². The summed E-state index contributed by atoms with van der Waals surface area (Å²) >= 11 is 0. The van der Waals surface area contributed by atoms with E-state index in [1.165, 1.54) is 5.70 Å². The molecular formula is C4H9O2Si. The first-order valence-electron chi connectivity index (χ1n) is 2.02. The highest BCUT2D eigenvalue weighted by atomic mass is 28.3. The quantitative estimate of drug-likeness (QED) is 0.473. The lowest BCUT2D eigenvalue weighted by Gasteiger charge is -1.87. The van der Waals surface area contributed by atoms with Crippen LogP contribution < -0.4 is 0 Å². The van der Waals surface area contributed by atoms with Crippen molar-refractivity contribution in [3.8, 4) is 0 Å². The fourth-order valence-corrected chi connectivity index (χ4v) is 0.775. The van der Waals surface area contributed by atoms with Gasteiger partial charge in [0, 0.05) is 0 Å². The van der Waals surface area contributed by atoms with Gasteiger partial charge < -0.3 is 9.59 Å². The van der Waals surface area contributed by atoms with E-state index in [-0.39, 0.29) is 0 Å². The van der Waals surface area contributed by atoms with Gasteiger partial charge in [-0.3, -0.25) is 0 Å². The van der Waals surface area contributed by atoms with Crippen LogP contribution in [0.2, 0.25) is 0 Å². The van der Waals surface area contributed by atoms with Gasteiger partial charge in [-0.05, 0) is 19.5 Å². The second-order valence-electron chi connectivity index (χ2n) is 1.58. The van der Waals surface area contributed by atoms with E-state index in [0.717, 1.165) is 5.57 Å². The fraction of sp³-hybridized carbons (Fsp3) is 0.500. The van der Waals surface area contributed by atoms with Crippen LogP contribution in [-0.4, -0.2) is 18.9 Å². The molecule has 0 saturated carbocycles. The summed E-state index contributed by atoms with van der Waals surface area (Å²) < 4.78 is 0. The van der Waals surface area contributed by atoms with Crippen LogP contribution in [0.5, 0.6) is 0 Å². The van der Waals surface area contributed by atoms with E-state index >= 15 is 0 Å². The zero-order chi connectivity index (χ0) is 5.86. The molecule has 0 atom stereocenters. The Bertz CT molecular complexity index is 73.8. The van der Waals surface area contributed by atoms with Gasteiger partial charge in [0.15, 0.2) is 0 Å². The minimum Gasteiger partial charge on any atom is -0.407 e. The fourth-order valence-electron chi connectivity index (χ4n) is 0.258. The van der Waals surface area contributed by atoms with Crippen molar-refractivity contribution in [2.24, 2.45) is 0 Å². The summed E-state index contributed by atoms with van der Waals surface area (Å²) in [6, 6.07) is 0. The predicted octanol–water partition coefficient (Wildman–Crippen LogP) is -0.0354. The molecule has 2 N–H and O–H groups in total. The lowest BCUT2D eigenvalue weighted by Crippen LogP contribution is -2.06. The van der Waals surface area contributed by atoms with Gasteiger partial charge in [-0.2, -0.15) is 0 Å². The lowest BCUT2D eigenvalue weighted by molar-refractivity contribution is 0.423. The molecule has 0 rings (SSSR count). The molecule has 0 aliphatic heterocycles. The number of hydrogen-bond donors (Lipinski definition) is 2. The summed E-state index contributed by atoms with van der Waals surface area (Å²) in [7, 11) is -2.10. The monoisotopic (exact) mass is 117 g/mol. The first-order chi connectivity index (χ1) is 3.13. The molecule has 1 radical (unpaired) electrons. The molecule has 0 saturated heterocycles. The highest BCUT2D eigenvalue weighted by Gasteiger charge is 1.94. The maximum absolute atomic E-state index is 8.30. The lowest BCUT2D eigenvalue weighted by atomic mass is 10.4. The largest absolute Gasteiger partial charge is 0.409 e. The van der Waals surface area contributed by atoms with Gasteiger partial charge in [-0.1, -0.05) is 5.57 Å². The average molecular weight is 117 g/mol. The number of hydrogen-bond acceptors (Lipinski definition) is 2. The van der Waals surface area contributed by atoms with Crippen LogP contribution in [0.25, 0.3) is 0 Å². The summed E-state index contributed by atoms with van der Waals surface area (Å²) in [5, 5.41) is 0. The van der Waals surface area contributed by atoms with Gasteiger partial charge in [0.05, 0.1) is 0 Å². The molecule has 41 valence electrons. The molecule has 2 nitrogen and oxygen atoms in total. The topological polar surface area (TPSA) is 40.5 Å². The van der Waals surface area contributed by atoms with Gasteiger partial charge in [0.25, 0.3) is 0 Å². The molecule has 0 spiro atoms. The molecule has 0 amide bonds. The van der Waals surface area contributed by atoms with E-state index in [0.29, 0.717) is 0 Å². The van der Waals surface area contributed by atoms with Crippen LogP contribution in [0, 0.1) is 0 Å². The molecule has 0 aromatic rings. The van der Waals surface area contributed by atoms with Crippen LogP contribution in [0.3, 0.4) is 0 Å². The summed E-state index contributed by atoms with van der Waals surface area (Å²) in [6.07, 6.45) is 0. The first kappa shape index (κ1) is 6.88. The van der Waals surface area contributed by atoms with Gasteiger partial charge >= 0.3 is 9.28 Å². The molecular weight excluding hydrogens is 108 g/mol. The van der Waals surface area contributed by atoms with Crippen molar-refractivity contribution in [3.63, 3.8) is 0 Å². The zero-order valence-electron chi connectivity index (χ0n) is 4.47. The SMILES string of the molecule is CC(C)=C[Si](O)O. The molecule has 0 heterocycles. The van der Waals surface area contributed by atoms with Crippen molar-refractivity contribution in [1.29, 1.82) is 0 Å². The van der Waals surface area contributed by atoms with E-state index in [1.807, 2.05) is 13.8 Å². The van der Waals surface area contributed by atoms with Crippen molar-refractivity contribution in [2.75, 3.05) is 0 Å². The highest BCUT2D eigenvalue weighted by Crippen LogP contribution is 1.86. The van der Waals surface area contributed by atoms with Gasteiger partial charge in [0.2, 0.25) is 0 Å². The maximum Gasteiger partial charge on any atom is 0.409 e. The van der Waals surface area contributed by atoms with Gasteiger partial charge in [0.1, 0.15) is 0 Å². The van der Waals surface area contributed by atoms with Crippen molar-refractivity contribution >= 4 is 9.28 Å². The maximum atomic E-state index is 8.30. The molecule has 0 aromatic carbocycles. The zero-order valence-corrected chi connectivity index (χ0v) is 5.47. The summed E-state index contributed by atoms with van der Waals surface area (Å²) in [4.78, 5) is 16.6. The van der Waals surface area contributed by atoms with E-state index in [9.17, 15) is 0 Å². The summed E-state index contributed by atoms with van der Waals surface area (Å²) in [5.41, 5.74) is 2.42. The smallest absolute Gasteiger partial charge is 0.407 e. The van der Waals surface area contributed by atoms with Crippen molar-refractivity contribution in [2.45, 2.75) is 13.8 Å². The first-order valence-corrected chi connectivity index (χ1v) is 3.50. The Kier molecular flexibility index (Phi) is 2.90. The van der Waals surface area contributed by atoms with Crippen LogP contribution in [0.1, 0.15) is 13.8 Å². The Morgan fingerprint density at radius 3 is 1.86 bits per heavy atom. The third-order valence-corrected chi connectivity index (χ3v) is 1.25. The molecule has 7 heavy (non-hydrogen) atoms. The van der Waals surface area contributed by atoms with Crippen molar-refractivity contribution < 1.29 is 9.59 Å². The van der Waals surface area contributed by atoms with Crippen molar-refractivity contribution in [3.05, 3.63) is 11.3 Å². The van der Waals surface area contributed by atoms with E-state index in [2.05, 4.69) is 0 Å². The van der Waals surface area contributed by atoms with E-state index in [1.54, 1.807) is 0 Å². The second kappa shape index (κ2) is 2.96. The van der Waals surface area contributed by atoms with Crippen LogP contribution in [0.4, 0.5) is 0 Å². The minimum atomic E-state index is -2.10. The van der Waals surface area contributed by atoms with Crippen molar-refractivity contribution in [1.82, 2.24) is 0 Å². The molecule has 3 heteroatoms. The van der Waals surface area contributed by atoms with Crippen LogP contribution >= 0.6 is 0 Å². The Hall–Kier alpha value is -0.123. The highest BCUT2D eigenvalue weighted by molar-refractivity contribution is 6.47. The number of allylic oxidation sites excluding steroid dienone is 1. The molecule has 0 unspecified atom stereocenters. The minimum absolute atomic E-state index is 0.957.